The first-order valence-corrected chi connectivity index (χ1v) is 21.3. The Morgan fingerprint density at radius 2 is 1.13 bits per heavy atom. The van der Waals surface area contributed by atoms with E-state index in [4.69, 9.17) is 33.9 Å². The van der Waals surface area contributed by atoms with Crippen LogP contribution in [0.15, 0.2) is 91.4 Å². The van der Waals surface area contributed by atoms with Crippen molar-refractivity contribution in [2.75, 3.05) is 26.7 Å². The molecule has 15 nitrogen and oxygen atoms in total. The van der Waals surface area contributed by atoms with Crippen molar-refractivity contribution in [2.24, 2.45) is 0 Å². The summed E-state index contributed by atoms with van der Waals surface area (Å²) >= 11 is 0. The summed E-state index contributed by atoms with van der Waals surface area (Å²) in [6, 6.07) is 22.3. The SMILES string of the molecule is O=C([C@H](NC1OCO1)c1ccccc1)N1CCCC1c1ncc(-c2ccc(C3CCC(c4cnc([C@@H]5CCCN5C(=O)[C@H](NC5OCO5)c5ccccc5)[nH]4)CC3)nc2)[nH]1. The maximum Gasteiger partial charge on any atom is 0.245 e. The quantitative estimate of drug-likeness (QED) is 0.107. The van der Waals surface area contributed by atoms with Crippen LogP contribution < -0.4 is 10.6 Å². The fraction of sp³-hybridized carbons (Fsp3) is 0.444. The van der Waals surface area contributed by atoms with Crippen molar-refractivity contribution in [3.8, 4) is 11.3 Å². The second kappa shape index (κ2) is 17.4. The molecule has 15 heteroatoms. The second-order valence-electron chi connectivity index (χ2n) is 16.4. The number of amides is 2. The molecule has 5 aromatic rings. The molecule has 0 spiro atoms. The third kappa shape index (κ3) is 8.00. The molecule has 4 saturated heterocycles. The van der Waals surface area contributed by atoms with Crippen molar-refractivity contribution in [1.29, 1.82) is 0 Å². The smallest absolute Gasteiger partial charge is 0.245 e. The van der Waals surface area contributed by atoms with Gasteiger partial charge in [0.2, 0.25) is 24.6 Å². The van der Waals surface area contributed by atoms with Crippen LogP contribution in [0.2, 0.25) is 0 Å². The molecule has 60 heavy (non-hydrogen) atoms. The number of nitrogens with zero attached hydrogens (tertiary/aromatic N) is 5. The van der Waals surface area contributed by atoms with Gasteiger partial charge in [-0.15, -0.1) is 0 Å². The van der Waals surface area contributed by atoms with Gasteiger partial charge in [0.15, 0.2) is 13.6 Å². The Bertz CT molecular complexity index is 2220. The summed E-state index contributed by atoms with van der Waals surface area (Å²) in [5, 5.41) is 6.46. The molecular weight excluding hydrogens is 763 g/mol. The van der Waals surface area contributed by atoms with Crippen LogP contribution in [0.1, 0.15) is 122 Å². The lowest BCUT2D eigenvalue weighted by Crippen LogP contribution is -2.50. The van der Waals surface area contributed by atoms with Crippen molar-refractivity contribution in [3.05, 3.63) is 126 Å². The zero-order chi connectivity index (χ0) is 40.4. The number of nitrogens with one attached hydrogen (secondary N) is 4. The van der Waals surface area contributed by atoms with Gasteiger partial charge in [-0.1, -0.05) is 60.7 Å². The summed E-state index contributed by atoms with van der Waals surface area (Å²) in [5.74, 6) is 2.36. The maximum atomic E-state index is 14.1. The minimum atomic E-state index is -0.606. The molecule has 312 valence electrons. The number of carbonyl (C=O) groups is 2. The lowest BCUT2D eigenvalue weighted by atomic mass is 9.79. The van der Waals surface area contributed by atoms with E-state index in [0.29, 0.717) is 24.9 Å². The number of aromatic nitrogens is 5. The van der Waals surface area contributed by atoms with E-state index >= 15 is 0 Å². The van der Waals surface area contributed by atoms with Gasteiger partial charge >= 0.3 is 0 Å². The third-order valence-electron chi connectivity index (χ3n) is 12.8. The van der Waals surface area contributed by atoms with E-state index in [9.17, 15) is 9.59 Å². The molecular formula is C45H51N9O6. The van der Waals surface area contributed by atoms with E-state index in [1.165, 1.54) is 0 Å². The largest absolute Gasteiger partial charge is 0.344 e. The van der Waals surface area contributed by atoms with Gasteiger partial charge in [0.05, 0.1) is 24.0 Å². The molecule has 5 fully saturated rings. The highest BCUT2D eigenvalue weighted by atomic mass is 16.9. The molecule has 5 aliphatic rings. The number of ether oxygens (including phenoxy) is 4. The van der Waals surface area contributed by atoms with Gasteiger partial charge in [-0.2, -0.15) is 0 Å². The fourth-order valence-electron chi connectivity index (χ4n) is 9.50. The summed E-state index contributed by atoms with van der Waals surface area (Å²) in [5.41, 5.74) is 5.83. The molecule has 0 bridgehead atoms. The molecule has 1 saturated carbocycles. The first-order chi connectivity index (χ1) is 29.6. The van der Waals surface area contributed by atoms with Crippen molar-refractivity contribution >= 4 is 11.8 Å². The Labute approximate surface area is 348 Å². The number of carbonyl (C=O) groups excluding carboxylic acids is 2. The van der Waals surface area contributed by atoms with Gasteiger partial charge < -0.3 is 38.7 Å². The standard InChI is InChI=1S/C45H51N9O6/c55-42(38(51-44-57-26-58-44)30-9-3-1-4-10-30)53-21-7-13-36(53)40-47-24-34(49-40)29-17-15-28(16-18-29)33-20-19-32(23-46-33)35-25-48-41(50-35)37-14-8-22-54(37)43(56)39(52-45-59-27-60-45)31-11-5-2-6-12-31/h1-6,9-12,19-20,23-25,28-29,36-39,44-45,51-52H,7-8,13-18,21-22,26-27H2,(H,47,49)(H,48,50)/t28?,29?,36-,37?,38+,39+/m0/s1. The van der Waals surface area contributed by atoms with Crippen molar-refractivity contribution in [1.82, 2.24) is 45.4 Å². The molecule has 10 rings (SSSR count). The number of hydrogen-bond donors (Lipinski definition) is 4. The highest BCUT2D eigenvalue weighted by molar-refractivity contribution is 5.84. The number of aromatic amines is 2. The third-order valence-corrected chi connectivity index (χ3v) is 12.8. The average molecular weight is 814 g/mol. The van der Waals surface area contributed by atoms with E-state index in [-0.39, 0.29) is 37.5 Å². The fourth-order valence-corrected chi connectivity index (χ4v) is 9.50. The zero-order valence-corrected chi connectivity index (χ0v) is 33.4. The van der Waals surface area contributed by atoms with Crippen LogP contribution >= 0.6 is 0 Å². The Kier molecular flexibility index (Phi) is 11.3. The Hall–Kier alpha value is -5.29. The van der Waals surface area contributed by atoms with Gasteiger partial charge in [-0.05, 0) is 74.6 Å². The van der Waals surface area contributed by atoms with E-state index in [0.717, 1.165) is 96.8 Å². The van der Waals surface area contributed by atoms with E-state index < -0.39 is 24.9 Å². The predicted molar refractivity (Wildman–Crippen MR) is 218 cm³/mol. The summed E-state index contributed by atoms with van der Waals surface area (Å²) in [7, 11) is 0. The van der Waals surface area contributed by atoms with Crippen LogP contribution in [0, 0.1) is 0 Å². The molecule has 4 atom stereocenters. The summed E-state index contributed by atoms with van der Waals surface area (Å²) in [6.07, 6.45) is 12.2. The lowest BCUT2D eigenvalue weighted by molar-refractivity contribution is -0.335. The van der Waals surface area contributed by atoms with E-state index in [2.05, 4.69) is 32.7 Å². The van der Waals surface area contributed by atoms with Gasteiger partial charge in [0.1, 0.15) is 23.7 Å². The minimum Gasteiger partial charge on any atom is -0.344 e. The molecule has 4 N–H and O–H groups in total. The summed E-state index contributed by atoms with van der Waals surface area (Å²) < 4.78 is 21.8. The van der Waals surface area contributed by atoms with Gasteiger partial charge in [-0.25, -0.2) is 9.97 Å². The second-order valence-corrected chi connectivity index (χ2v) is 16.4. The number of imidazole rings is 2. The zero-order valence-electron chi connectivity index (χ0n) is 33.4. The number of hydrogen-bond acceptors (Lipinski definition) is 11. The van der Waals surface area contributed by atoms with Gasteiger partial charge in [0, 0.05) is 54.3 Å². The Morgan fingerprint density at radius 3 is 1.65 bits per heavy atom. The molecule has 1 aliphatic carbocycles. The molecule has 3 aromatic heterocycles. The first kappa shape index (κ1) is 38.9. The van der Waals surface area contributed by atoms with Crippen LogP contribution in [-0.4, -0.2) is 86.0 Å². The number of rotatable bonds is 13. The number of H-pyrrole nitrogens is 2. The Balaban J connectivity index is 0.754. The van der Waals surface area contributed by atoms with Crippen LogP contribution in [0.25, 0.3) is 11.3 Å². The monoisotopic (exact) mass is 813 g/mol. The van der Waals surface area contributed by atoms with Crippen molar-refractivity contribution in [3.63, 3.8) is 0 Å². The average Bonchev–Trinajstić information content (AvgIpc) is 4.11. The minimum absolute atomic E-state index is 0.00290. The number of likely N-dealkylation sites (tertiary alicyclic amines) is 2. The summed E-state index contributed by atoms with van der Waals surface area (Å²) in [4.78, 5) is 53.7. The number of benzene rings is 2. The predicted octanol–water partition coefficient (Wildman–Crippen LogP) is 6.20. The molecule has 4 aliphatic heterocycles. The van der Waals surface area contributed by atoms with Gasteiger partial charge in [0.25, 0.3) is 0 Å². The topological polar surface area (TPSA) is 172 Å². The highest BCUT2D eigenvalue weighted by Crippen LogP contribution is 2.41. The summed E-state index contributed by atoms with van der Waals surface area (Å²) in [6.45, 7) is 1.77. The first-order valence-electron chi connectivity index (χ1n) is 21.3. The number of pyridine rings is 1. The van der Waals surface area contributed by atoms with Crippen LogP contribution in [0.4, 0.5) is 0 Å². The van der Waals surface area contributed by atoms with Gasteiger partial charge in [-0.3, -0.25) is 25.2 Å². The molecule has 0 radical (unpaired) electrons. The van der Waals surface area contributed by atoms with Crippen LogP contribution in [0.5, 0.6) is 0 Å². The van der Waals surface area contributed by atoms with Crippen LogP contribution in [-0.2, 0) is 28.5 Å². The lowest BCUT2D eigenvalue weighted by Gasteiger charge is -2.34. The van der Waals surface area contributed by atoms with E-state index in [1.54, 1.807) is 0 Å². The van der Waals surface area contributed by atoms with Crippen molar-refractivity contribution < 1.29 is 28.5 Å². The molecule has 2 amide bonds. The maximum absolute atomic E-state index is 14.1. The molecule has 7 heterocycles. The van der Waals surface area contributed by atoms with E-state index in [1.807, 2.05) is 89.1 Å². The van der Waals surface area contributed by atoms with Crippen LogP contribution in [0.3, 0.4) is 0 Å². The molecule has 2 aromatic carbocycles. The normalized spacial score (nSPS) is 24.5. The van der Waals surface area contributed by atoms with Crippen molar-refractivity contribution in [2.45, 2.75) is 100 Å². The Morgan fingerprint density at radius 1 is 0.600 bits per heavy atom. The highest BCUT2D eigenvalue weighted by Gasteiger charge is 2.40. The molecule has 1 unspecified atom stereocenters.